The second-order valence-corrected chi connectivity index (χ2v) is 8.70. The minimum absolute atomic E-state index is 0.445. The topological polar surface area (TPSA) is 83.3 Å². The molecule has 1 fully saturated rings. The van der Waals surface area contributed by atoms with E-state index in [1.807, 2.05) is 13.2 Å². The minimum Gasteiger partial charge on any atom is -0.356 e. The van der Waals surface area contributed by atoms with Gasteiger partial charge in [-0.05, 0) is 50.7 Å². The van der Waals surface area contributed by atoms with Gasteiger partial charge < -0.3 is 20.1 Å². The highest BCUT2D eigenvalue weighted by atomic mass is 15.3. The fraction of sp³-hybridized carbons (Fsp3) is 0.652. The summed E-state index contributed by atoms with van der Waals surface area (Å²) in [6.07, 6.45) is 10.9. The van der Waals surface area contributed by atoms with E-state index in [4.69, 9.17) is 0 Å². The van der Waals surface area contributed by atoms with Gasteiger partial charge in [-0.3, -0.25) is 4.99 Å². The molecule has 4 heterocycles. The number of hydrogen-bond acceptors (Lipinski definition) is 5. The molecule has 168 valence electrons. The van der Waals surface area contributed by atoms with Gasteiger partial charge in [0.25, 0.3) is 0 Å². The highest BCUT2D eigenvalue weighted by Gasteiger charge is 2.21. The van der Waals surface area contributed by atoms with Gasteiger partial charge in [-0.1, -0.05) is 12.5 Å². The number of rotatable bonds is 6. The standard InChI is InChI=1S/C23H36N8/c1-18-9-10-20(26-17-18)30-15-11-19(12-16-30)27-23(24-2)25-13-6-8-22-29-28-21-7-4-3-5-14-31(21)22/h9-10,17,19H,3-8,11-16H2,1-2H3,(H2,24,25,27). The van der Waals surface area contributed by atoms with Crippen LogP contribution in [-0.2, 0) is 19.4 Å². The maximum absolute atomic E-state index is 4.57. The van der Waals surface area contributed by atoms with Crippen molar-refractivity contribution in [1.82, 2.24) is 30.4 Å². The average Bonchev–Trinajstić information content (AvgIpc) is 3.02. The number of aryl methyl sites for hydroxylation is 3. The summed E-state index contributed by atoms with van der Waals surface area (Å²) < 4.78 is 2.34. The number of pyridine rings is 1. The van der Waals surface area contributed by atoms with Gasteiger partial charge in [-0.25, -0.2) is 4.98 Å². The van der Waals surface area contributed by atoms with Crippen LogP contribution in [0.5, 0.6) is 0 Å². The van der Waals surface area contributed by atoms with E-state index in [0.717, 1.165) is 75.9 Å². The van der Waals surface area contributed by atoms with Crippen molar-refractivity contribution < 1.29 is 0 Å². The number of guanidine groups is 1. The van der Waals surface area contributed by atoms with Crippen molar-refractivity contribution in [3.8, 4) is 0 Å². The molecule has 0 saturated carbocycles. The Hall–Kier alpha value is -2.64. The second-order valence-electron chi connectivity index (χ2n) is 8.70. The van der Waals surface area contributed by atoms with Crippen LogP contribution in [0.2, 0.25) is 0 Å². The van der Waals surface area contributed by atoms with E-state index in [0.29, 0.717) is 6.04 Å². The molecule has 2 aliphatic rings. The van der Waals surface area contributed by atoms with Gasteiger partial charge in [-0.2, -0.15) is 0 Å². The highest BCUT2D eigenvalue weighted by molar-refractivity contribution is 5.79. The number of piperidine rings is 1. The van der Waals surface area contributed by atoms with Gasteiger partial charge in [0, 0.05) is 58.3 Å². The smallest absolute Gasteiger partial charge is 0.191 e. The molecule has 0 radical (unpaired) electrons. The molecule has 0 aliphatic carbocycles. The van der Waals surface area contributed by atoms with Crippen molar-refractivity contribution in [3.63, 3.8) is 0 Å². The predicted molar refractivity (Wildman–Crippen MR) is 125 cm³/mol. The van der Waals surface area contributed by atoms with Crippen LogP contribution < -0.4 is 15.5 Å². The first kappa shape index (κ1) is 21.6. The number of fused-ring (bicyclic) bond motifs is 1. The summed E-state index contributed by atoms with van der Waals surface area (Å²) in [6, 6.07) is 4.70. The SMILES string of the molecule is CN=C(NCCCc1nnc2n1CCCCC2)NC1CCN(c2ccc(C)cn2)CC1. The first-order chi connectivity index (χ1) is 15.2. The molecule has 4 rings (SSSR count). The lowest BCUT2D eigenvalue weighted by Gasteiger charge is -2.33. The Morgan fingerprint density at radius 1 is 1.13 bits per heavy atom. The zero-order valence-corrected chi connectivity index (χ0v) is 19.0. The lowest BCUT2D eigenvalue weighted by atomic mass is 10.1. The van der Waals surface area contributed by atoms with Gasteiger partial charge in [0.2, 0.25) is 0 Å². The third-order valence-electron chi connectivity index (χ3n) is 6.33. The molecule has 2 N–H and O–H groups in total. The molecular formula is C23H36N8. The van der Waals surface area contributed by atoms with E-state index in [1.165, 1.54) is 30.7 Å². The maximum atomic E-state index is 4.57. The fourth-order valence-corrected chi connectivity index (χ4v) is 4.47. The highest BCUT2D eigenvalue weighted by Crippen LogP contribution is 2.18. The van der Waals surface area contributed by atoms with Crippen molar-refractivity contribution >= 4 is 11.8 Å². The first-order valence-electron chi connectivity index (χ1n) is 11.8. The van der Waals surface area contributed by atoms with Gasteiger partial charge >= 0.3 is 0 Å². The molecule has 0 unspecified atom stereocenters. The zero-order valence-electron chi connectivity index (χ0n) is 19.0. The second kappa shape index (κ2) is 10.6. The Labute approximate surface area is 185 Å². The maximum Gasteiger partial charge on any atom is 0.191 e. The number of nitrogens with zero attached hydrogens (tertiary/aromatic N) is 6. The number of hydrogen-bond donors (Lipinski definition) is 2. The molecular weight excluding hydrogens is 388 g/mol. The molecule has 0 amide bonds. The summed E-state index contributed by atoms with van der Waals surface area (Å²) in [7, 11) is 1.85. The molecule has 8 heteroatoms. The minimum atomic E-state index is 0.445. The Balaban J connectivity index is 1.18. The Kier molecular flexibility index (Phi) is 7.38. The zero-order chi connectivity index (χ0) is 21.5. The first-order valence-corrected chi connectivity index (χ1v) is 11.8. The quantitative estimate of drug-likeness (QED) is 0.421. The summed E-state index contributed by atoms with van der Waals surface area (Å²) in [5.41, 5.74) is 1.20. The summed E-state index contributed by atoms with van der Waals surface area (Å²) in [5.74, 6) is 4.29. The molecule has 1 saturated heterocycles. The largest absolute Gasteiger partial charge is 0.356 e. The monoisotopic (exact) mass is 424 g/mol. The summed E-state index contributed by atoms with van der Waals surface area (Å²) >= 11 is 0. The molecule has 2 aromatic heterocycles. The molecule has 0 aromatic carbocycles. The van der Waals surface area contributed by atoms with E-state index in [9.17, 15) is 0 Å². The Morgan fingerprint density at radius 3 is 2.77 bits per heavy atom. The van der Waals surface area contributed by atoms with Crippen LogP contribution in [0.15, 0.2) is 23.3 Å². The summed E-state index contributed by atoms with van der Waals surface area (Å²) in [6.45, 7) is 6.07. The van der Waals surface area contributed by atoms with Crippen molar-refractivity contribution in [2.24, 2.45) is 4.99 Å². The summed E-state index contributed by atoms with van der Waals surface area (Å²) in [5, 5.41) is 15.9. The van der Waals surface area contributed by atoms with Crippen LogP contribution in [0.3, 0.4) is 0 Å². The fourth-order valence-electron chi connectivity index (χ4n) is 4.47. The van der Waals surface area contributed by atoms with Gasteiger partial charge in [0.15, 0.2) is 5.96 Å². The molecule has 8 nitrogen and oxygen atoms in total. The summed E-state index contributed by atoms with van der Waals surface area (Å²) in [4.78, 5) is 11.4. The van der Waals surface area contributed by atoms with Gasteiger partial charge in [-0.15, -0.1) is 10.2 Å². The van der Waals surface area contributed by atoms with E-state index in [-0.39, 0.29) is 0 Å². The number of anilines is 1. The number of aromatic nitrogens is 4. The predicted octanol–water partition coefficient (Wildman–Crippen LogP) is 2.47. The van der Waals surface area contributed by atoms with E-state index >= 15 is 0 Å². The molecule has 0 spiro atoms. The van der Waals surface area contributed by atoms with Crippen molar-refractivity contribution in [1.29, 1.82) is 0 Å². The van der Waals surface area contributed by atoms with E-state index < -0.39 is 0 Å². The lowest BCUT2D eigenvalue weighted by molar-refractivity contribution is 0.459. The Morgan fingerprint density at radius 2 is 2.00 bits per heavy atom. The molecule has 31 heavy (non-hydrogen) atoms. The molecule has 2 aromatic rings. The Bertz CT molecular complexity index is 849. The van der Waals surface area contributed by atoms with E-state index in [2.05, 4.69) is 59.3 Å². The van der Waals surface area contributed by atoms with Crippen LogP contribution >= 0.6 is 0 Å². The van der Waals surface area contributed by atoms with E-state index in [1.54, 1.807) is 0 Å². The van der Waals surface area contributed by atoms with Crippen LogP contribution in [0.4, 0.5) is 5.82 Å². The van der Waals surface area contributed by atoms with Crippen molar-refractivity contribution in [2.45, 2.75) is 70.9 Å². The molecule has 2 aliphatic heterocycles. The number of nitrogens with one attached hydrogen (secondary N) is 2. The lowest BCUT2D eigenvalue weighted by Crippen LogP contribution is -2.49. The van der Waals surface area contributed by atoms with Crippen molar-refractivity contribution in [3.05, 3.63) is 35.5 Å². The number of aliphatic imine (C=N–C) groups is 1. The molecule has 0 bridgehead atoms. The van der Waals surface area contributed by atoms with Crippen LogP contribution in [-0.4, -0.2) is 58.4 Å². The third kappa shape index (κ3) is 5.74. The normalized spacial score (nSPS) is 17.9. The van der Waals surface area contributed by atoms with Gasteiger partial charge in [0.05, 0.1) is 0 Å². The molecule has 0 atom stereocenters. The average molecular weight is 425 g/mol. The van der Waals surface area contributed by atoms with Crippen LogP contribution in [0.25, 0.3) is 0 Å². The van der Waals surface area contributed by atoms with Crippen LogP contribution in [0.1, 0.15) is 55.7 Å². The van der Waals surface area contributed by atoms with Gasteiger partial charge in [0.1, 0.15) is 17.5 Å². The van der Waals surface area contributed by atoms with Crippen LogP contribution in [0, 0.1) is 6.92 Å². The third-order valence-corrected chi connectivity index (χ3v) is 6.33. The van der Waals surface area contributed by atoms with Crippen molar-refractivity contribution in [2.75, 3.05) is 31.6 Å².